The van der Waals surface area contributed by atoms with E-state index in [4.69, 9.17) is 9.47 Å². The van der Waals surface area contributed by atoms with Crippen molar-refractivity contribution in [3.8, 4) is 11.5 Å². The van der Waals surface area contributed by atoms with E-state index in [0.29, 0.717) is 12.3 Å². The molecular weight excluding hydrogens is 380 g/mol. The van der Waals surface area contributed by atoms with Crippen LogP contribution in [0.3, 0.4) is 0 Å². The highest BCUT2D eigenvalue weighted by Gasteiger charge is 2.22. The molecule has 3 rings (SSSR count). The number of hydrogen-bond acceptors (Lipinski definition) is 5. The molecule has 30 heavy (non-hydrogen) atoms. The van der Waals surface area contributed by atoms with Crippen molar-refractivity contribution in [3.63, 3.8) is 0 Å². The third-order valence-corrected chi connectivity index (χ3v) is 5.28. The number of amides is 1. The summed E-state index contributed by atoms with van der Waals surface area (Å²) in [6, 6.07) is 15.6. The molecule has 2 aromatic rings. The maximum Gasteiger partial charge on any atom is 0.258 e. The first-order valence-corrected chi connectivity index (χ1v) is 10.6. The lowest BCUT2D eigenvalue weighted by Crippen LogP contribution is -2.48. The standard InChI is InChI=1S/C24H32N2O4/c1-18-3-7-22(8-4-18)29-16-21(27)15-26-13-11-20(12-14-26)25-24(28)17-30-23-9-5-19(2)6-10-23/h3-10,20-21,27H,11-17H2,1-2H3,(H,25,28). The predicted octanol–water partition coefficient (Wildman–Crippen LogP) is 2.70. The molecule has 2 N–H and O–H groups in total. The molecule has 1 aliphatic rings. The lowest BCUT2D eigenvalue weighted by atomic mass is 10.0. The first-order chi connectivity index (χ1) is 14.5. The quantitative estimate of drug-likeness (QED) is 0.663. The molecular formula is C24H32N2O4. The number of carbonyl (C=O) groups is 1. The summed E-state index contributed by atoms with van der Waals surface area (Å²) in [5, 5.41) is 13.3. The Labute approximate surface area is 178 Å². The van der Waals surface area contributed by atoms with Crippen LogP contribution >= 0.6 is 0 Å². The first-order valence-electron chi connectivity index (χ1n) is 10.6. The Morgan fingerprint density at radius 3 is 2.10 bits per heavy atom. The summed E-state index contributed by atoms with van der Waals surface area (Å²) >= 11 is 0. The minimum Gasteiger partial charge on any atom is -0.491 e. The lowest BCUT2D eigenvalue weighted by Gasteiger charge is -2.33. The van der Waals surface area contributed by atoms with Crippen LogP contribution in [0.25, 0.3) is 0 Å². The molecule has 1 unspecified atom stereocenters. The zero-order chi connectivity index (χ0) is 21.3. The second-order valence-corrected chi connectivity index (χ2v) is 8.02. The van der Waals surface area contributed by atoms with Gasteiger partial charge in [0.1, 0.15) is 24.2 Å². The van der Waals surface area contributed by atoms with Gasteiger partial charge in [0, 0.05) is 25.7 Å². The van der Waals surface area contributed by atoms with Gasteiger partial charge in [0.15, 0.2) is 6.61 Å². The van der Waals surface area contributed by atoms with E-state index in [1.807, 2.05) is 62.4 Å². The summed E-state index contributed by atoms with van der Waals surface area (Å²) in [6.45, 7) is 6.59. The molecule has 6 nitrogen and oxygen atoms in total. The van der Waals surface area contributed by atoms with Crippen LogP contribution in [-0.4, -0.2) is 60.9 Å². The van der Waals surface area contributed by atoms with E-state index in [1.54, 1.807) is 0 Å². The number of ether oxygens (including phenoxy) is 2. The third kappa shape index (κ3) is 7.35. The smallest absolute Gasteiger partial charge is 0.258 e. The topological polar surface area (TPSA) is 71.0 Å². The summed E-state index contributed by atoms with van der Waals surface area (Å²) in [6.07, 6.45) is 1.18. The highest BCUT2D eigenvalue weighted by atomic mass is 16.5. The van der Waals surface area contributed by atoms with E-state index < -0.39 is 6.10 Å². The van der Waals surface area contributed by atoms with Gasteiger partial charge in [0.2, 0.25) is 0 Å². The van der Waals surface area contributed by atoms with Crippen LogP contribution in [-0.2, 0) is 4.79 Å². The van der Waals surface area contributed by atoms with Crippen molar-refractivity contribution in [2.45, 2.75) is 38.8 Å². The summed E-state index contributed by atoms with van der Waals surface area (Å²) in [4.78, 5) is 14.4. The highest BCUT2D eigenvalue weighted by Crippen LogP contribution is 2.14. The van der Waals surface area contributed by atoms with Gasteiger partial charge in [-0.15, -0.1) is 0 Å². The molecule has 162 valence electrons. The molecule has 2 aromatic carbocycles. The molecule has 1 amide bonds. The SMILES string of the molecule is Cc1ccc(OCC(=O)NC2CCN(CC(O)COc3ccc(C)cc3)CC2)cc1. The second-order valence-electron chi connectivity index (χ2n) is 8.02. The average molecular weight is 413 g/mol. The van der Waals surface area contributed by atoms with Crippen LogP contribution < -0.4 is 14.8 Å². The molecule has 6 heteroatoms. The zero-order valence-corrected chi connectivity index (χ0v) is 17.8. The molecule has 1 heterocycles. The molecule has 1 atom stereocenters. The second kappa shape index (κ2) is 11.0. The number of aliphatic hydroxyl groups excluding tert-OH is 1. The fourth-order valence-corrected chi connectivity index (χ4v) is 3.49. The number of β-amino-alcohol motifs (C(OH)–C–C–N with tert-alkyl or cyclic N) is 1. The van der Waals surface area contributed by atoms with Gasteiger partial charge in [0.25, 0.3) is 5.91 Å². The van der Waals surface area contributed by atoms with Crippen LogP contribution in [0.4, 0.5) is 0 Å². The fourth-order valence-electron chi connectivity index (χ4n) is 3.49. The van der Waals surface area contributed by atoms with E-state index >= 15 is 0 Å². The van der Waals surface area contributed by atoms with Crippen LogP contribution in [0, 0.1) is 13.8 Å². The number of aliphatic hydroxyl groups is 1. The van der Waals surface area contributed by atoms with Gasteiger partial charge in [-0.05, 0) is 51.0 Å². The summed E-state index contributed by atoms with van der Waals surface area (Å²) < 4.78 is 11.2. The number of likely N-dealkylation sites (tertiary alicyclic amines) is 1. The van der Waals surface area contributed by atoms with E-state index in [1.165, 1.54) is 5.56 Å². The number of piperidine rings is 1. The summed E-state index contributed by atoms with van der Waals surface area (Å²) in [7, 11) is 0. The van der Waals surface area contributed by atoms with Gasteiger partial charge in [-0.1, -0.05) is 35.4 Å². The fraction of sp³-hybridized carbons (Fsp3) is 0.458. The minimum absolute atomic E-state index is 0.0261. The maximum atomic E-state index is 12.1. The van der Waals surface area contributed by atoms with Crippen molar-refractivity contribution < 1.29 is 19.4 Å². The number of benzene rings is 2. The van der Waals surface area contributed by atoms with Crippen LogP contribution in [0.2, 0.25) is 0 Å². The molecule has 0 spiro atoms. The van der Waals surface area contributed by atoms with E-state index in [9.17, 15) is 9.90 Å². The number of carbonyl (C=O) groups excluding carboxylic acids is 1. The number of rotatable bonds is 9. The summed E-state index contributed by atoms with van der Waals surface area (Å²) in [5.41, 5.74) is 2.34. The Morgan fingerprint density at radius 2 is 1.53 bits per heavy atom. The Kier molecular flexibility index (Phi) is 8.11. The molecule has 1 fully saturated rings. The Bertz CT molecular complexity index is 784. The predicted molar refractivity (Wildman–Crippen MR) is 117 cm³/mol. The van der Waals surface area contributed by atoms with Gasteiger partial charge in [0.05, 0.1) is 0 Å². The number of hydrogen-bond donors (Lipinski definition) is 2. The summed E-state index contributed by atoms with van der Waals surface area (Å²) in [5.74, 6) is 1.38. The Morgan fingerprint density at radius 1 is 1.00 bits per heavy atom. The zero-order valence-electron chi connectivity index (χ0n) is 17.8. The molecule has 1 aliphatic heterocycles. The van der Waals surface area contributed by atoms with Crippen LogP contribution in [0.1, 0.15) is 24.0 Å². The average Bonchev–Trinajstić information content (AvgIpc) is 2.74. The third-order valence-electron chi connectivity index (χ3n) is 5.28. The van der Waals surface area contributed by atoms with Gasteiger partial charge >= 0.3 is 0 Å². The first kappa shape index (κ1) is 22.1. The molecule has 0 bridgehead atoms. The highest BCUT2D eigenvalue weighted by molar-refractivity contribution is 5.77. The van der Waals surface area contributed by atoms with Crippen molar-refractivity contribution in [1.29, 1.82) is 0 Å². The molecule has 0 aromatic heterocycles. The molecule has 0 radical (unpaired) electrons. The van der Waals surface area contributed by atoms with E-state index in [0.717, 1.165) is 37.2 Å². The van der Waals surface area contributed by atoms with E-state index in [2.05, 4.69) is 10.2 Å². The Balaban J connectivity index is 1.30. The van der Waals surface area contributed by atoms with Crippen molar-refractivity contribution in [3.05, 3.63) is 59.7 Å². The van der Waals surface area contributed by atoms with Gasteiger partial charge in [-0.2, -0.15) is 0 Å². The molecule has 1 saturated heterocycles. The molecule has 0 aliphatic carbocycles. The number of nitrogens with one attached hydrogen (secondary N) is 1. The largest absolute Gasteiger partial charge is 0.491 e. The van der Waals surface area contributed by atoms with Crippen LogP contribution in [0.15, 0.2) is 48.5 Å². The number of nitrogens with zero attached hydrogens (tertiary/aromatic N) is 1. The van der Waals surface area contributed by atoms with Gasteiger partial charge in [-0.3, -0.25) is 4.79 Å². The van der Waals surface area contributed by atoms with Gasteiger partial charge in [-0.25, -0.2) is 0 Å². The minimum atomic E-state index is -0.541. The van der Waals surface area contributed by atoms with Crippen molar-refractivity contribution in [2.24, 2.45) is 0 Å². The van der Waals surface area contributed by atoms with Crippen molar-refractivity contribution >= 4 is 5.91 Å². The van der Waals surface area contributed by atoms with Gasteiger partial charge < -0.3 is 24.8 Å². The molecule has 0 saturated carbocycles. The van der Waals surface area contributed by atoms with E-state index in [-0.39, 0.29) is 25.2 Å². The Hall–Kier alpha value is -2.57. The van der Waals surface area contributed by atoms with Crippen molar-refractivity contribution in [1.82, 2.24) is 10.2 Å². The van der Waals surface area contributed by atoms with Crippen LogP contribution in [0.5, 0.6) is 11.5 Å². The normalized spacial score (nSPS) is 16.1. The van der Waals surface area contributed by atoms with Crippen molar-refractivity contribution in [2.75, 3.05) is 32.8 Å². The number of aryl methyl sites for hydroxylation is 2. The lowest BCUT2D eigenvalue weighted by molar-refractivity contribution is -0.124. The maximum absolute atomic E-state index is 12.1. The monoisotopic (exact) mass is 412 g/mol.